The van der Waals surface area contributed by atoms with Gasteiger partial charge in [0.05, 0.1) is 10.2 Å². The van der Waals surface area contributed by atoms with Gasteiger partial charge in [0.2, 0.25) is 11.8 Å². The van der Waals surface area contributed by atoms with Gasteiger partial charge >= 0.3 is 0 Å². The predicted octanol–water partition coefficient (Wildman–Crippen LogP) is 5.39. The summed E-state index contributed by atoms with van der Waals surface area (Å²) in [7, 11) is 0. The van der Waals surface area contributed by atoms with Gasteiger partial charge in [0, 0.05) is 24.3 Å². The van der Waals surface area contributed by atoms with Crippen LogP contribution in [0.2, 0.25) is 0 Å². The number of hydrogen-bond donors (Lipinski definition) is 1. The third-order valence-electron chi connectivity index (χ3n) is 4.59. The van der Waals surface area contributed by atoms with E-state index < -0.39 is 30.6 Å². The van der Waals surface area contributed by atoms with E-state index in [4.69, 9.17) is 0 Å². The summed E-state index contributed by atoms with van der Waals surface area (Å²) in [5, 5.41) is 2.98. The average molecular weight is 376 g/mol. The molecular formula is C19H15F3N2OS. The second kappa shape index (κ2) is 6.09. The number of rotatable bonds is 3. The smallest absolute Gasteiger partial charge is 0.249 e. The van der Waals surface area contributed by atoms with Crippen molar-refractivity contribution in [1.29, 1.82) is 0 Å². The summed E-state index contributed by atoms with van der Waals surface area (Å²) in [6.45, 7) is 1.84. The molecule has 0 bridgehead atoms. The normalized spacial score (nSPS) is 16.5. The molecule has 1 N–H and O–H groups in total. The van der Waals surface area contributed by atoms with Gasteiger partial charge in [-0.05, 0) is 36.2 Å². The number of halogens is 3. The summed E-state index contributed by atoms with van der Waals surface area (Å²) in [5.41, 5.74) is 2.76. The van der Waals surface area contributed by atoms with Gasteiger partial charge in [0.25, 0.3) is 0 Å². The summed E-state index contributed by atoms with van der Waals surface area (Å²) in [6.07, 6.45) is -0.832. The van der Waals surface area contributed by atoms with Crippen molar-refractivity contribution in [3.05, 3.63) is 47.8 Å². The van der Waals surface area contributed by atoms with Crippen LogP contribution in [-0.2, 0) is 4.79 Å². The first kappa shape index (κ1) is 17.0. The molecule has 1 aromatic heterocycles. The molecule has 1 aliphatic carbocycles. The summed E-state index contributed by atoms with van der Waals surface area (Å²) < 4.78 is 40.8. The molecule has 1 fully saturated rings. The van der Waals surface area contributed by atoms with E-state index >= 15 is 0 Å². The molecule has 0 unspecified atom stereocenters. The van der Waals surface area contributed by atoms with E-state index in [9.17, 15) is 18.0 Å². The van der Waals surface area contributed by atoms with Crippen molar-refractivity contribution in [2.75, 3.05) is 5.32 Å². The van der Waals surface area contributed by atoms with Crippen LogP contribution in [0.4, 0.5) is 18.3 Å². The highest BCUT2D eigenvalue weighted by atomic mass is 32.1. The molecule has 0 spiro atoms. The van der Waals surface area contributed by atoms with E-state index in [-0.39, 0.29) is 5.82 Å². The lowest BCUT2D eigenvalue weighted by Gasteiger charge is -2.33. The van der Waals surface area contributed by atoms with E-state index in [1.807, 2.05) is 19.1 Å². The van der Waals surface area contributed by atoms with E-state index in [2.05, 4.69) is 10.3 Å². The Labute approximate surface area is 151 Å². The summed E-state index contributed by atoms with van der Waals surface area (Å²) in [4.78, 5) is 16.3. The van der Waals surface area contributed by atoms with Crippen LogP contribution >= 0.6 is 11.3 Å². The molecule has 1 amide bonds. The number of fused-ring (bicyclic) bond motifs is 1. The highest BCUT2D eigenvalue weighted by Gasteiger charge is 2.48. The number of hydrogen-bond acceptors (Lipinski definition) is 3. The van der Waals surface area contributed by atoms with Crippen molar-refractivity contribution in [2.45, 2.75) is 25.7 Å². The lowest BCUT2D eigenvalue weighted by Crippen LogP contribution is -2.42. The van der Waals surface area contributed by atoms with Crippen LogP contribution in [0.5, 0.6) is 0 Å². The molecule has 3 nitrogen and oxygen atoms in total. The Morgan fingerprint density at radius 2 is 2.04 bits per heavy atom. The van der Waals surface area contributed by atoms with Crippen LogP contribution in [0.3, 0.4) is 0 Å². The number of nitrogens with one attached hydrogen (secondary N) is 1. The number of anilines is 1. The van der Waals surface area contributed by atoms with Crippen LogP contribution in [0.15, 0.2) is 36.4 Å². The van der Waals surface area contributed by atoms with Crippen molar-refractivity contribution in [1.82, 2.24) is 4.98 Å². The number of benzene rings is 2. The molecule has 1 saturated carbocycles. The Hall–Kier alpha value is -2.41. The van der Waals surface area contributed by atoms with Crippen LogP contribution in [0.25, 0.3) is 21.3 Å². The van der Waals surface area contributed by atoms with E-state index in [1.54, 1.807) is 18.2 Å². The Morgan fingerprint density at radius 1 is 1.27 bits per heavy atom. The fourth-order valence-corrected chi connectivity index (χ4v) is 4.09. The Bertz CT molecular complexity index is 987. The topological polar surface area (TPSA) is 42.0 Å². The zero-order chi connectivity index (χ0) is 18.5. The van der Waals surface area contributed by atoms with Crippen LogP contribution in [0, 0.1) is 18.7 Å². The van der Waals surface area contributed by atoms with Gasteiger partial charge < -0.3 is 5.32 Å². The van der Waals surface area contributed by atoms with Crippen LogP contribution in [0.1, 0.15) is 18.4 Å². The maximum absolute atomic E-state index is 14.2. The van der Waals surface area contributed by atoms with Crippen molar-refractivity contribution >= 4 is 32.6 Å². The van der Waals surface area contributed by atoms with Crippen LogP contribution < -0.4 is 5.32 Å². The third-order valence-corrected chi connectivity index (χ3v) is 5.52. The van der Waals surface area contributed by atoms with E-state index in [1.165, 1.54) is 17.4 Å². The van der Waals surface area contributed by atoms with Gasteiger partial charge in [-0.2, -0.15) is 0 Å². The second-order valence-corrected chi connectivity index (χ2v) is 7.61. The minimum absolute atomic E-state index is 0.298. The van der Waals surface area contributed by atoms with Gasteiger partial charge in [0.15, 0.2) is 5.13 Å². The molecule has 1 heterocycles. The number of nitrogens with zero attached hydrogens (tertiary/aromatic N) is 1. The maximum Gasteiger partial charge on any atom is 0.249 e. The van der Waals surface area contributed by atoms with Gasteiger partial charge in [-0.15, -0.1) is 0 Å². The molecule has 0 atom stereocenters. The van der Waals surface area contributed by atoms with E-state index in [0.29, 0.717) is 16.2 Å². The number of amides is 1. The largest absolute Gasteiger partial charge is 0.302 e. The number of alkyl halides is 2. The monoisotopic (exact) mass is 376 g/mol. The van der Waals surface area contributed by atoms with Gasteiger partial charge in [-0.1, -0.05) is 29.5 Å². The summed E-state index contributed by atoms with van der Waals surface area (Å²) in [6, 6.07) is 10.3. The maximum atomic E-state index is 14.2. The molecule has 134 valence electrons. The molecule has 0 aliphatic heterocycles. The zero-order valence-corrected chi connectivity index (χ0v) is 14.7. The second-order valence-electron chi connectivity index (χ2n) is 6.58. The van der Waals surface area contributed by atoms with Gasteiger partial charge in [-0.3, -0.25) is 4.79 Å². The molecule has 4 rings (SSSR count). The first-order valence-electron chi connectivity index (χ1n) is 8.17. The number of aryl methyl sites for hydroxylation is 1. The lowest BCUT2D eigenvalue weighted by atomic mass is 9.81. The first-order chi connectivity index (χ1) is 12.3. The summed E-state index contributed by atoms with van der Waals surface area (Å²) >= 11 is 1.25. The van der Waals surface area contributed by atoms with Crippen molar-refractivity contribution in [3.63, 3.8) is 0 Å². The molecule has 0 saturated heterocycles. The SMILES string of the molecule is Cc1cccc(F)c1-c1ccc2nc(NC(=O)C3CC(F)(F)C3)sc2c1. The molecule has 2 aromatic carbocycles. The Balaban J connectivity index is 1.59. The molecule has 26 heavy (non-hydrogen) atoms. The van der Waals surface area contributed by atoms with Gasteiger partial charge in [-0.25, -0.2) is 18.2 Å². The third kappa shape index (κ3) is 3.07. The van der Waals surface area contributed by atoms with Gasteiger partial charge in [0.1, 0.15) is 5.82 Å². The number of thiazole rings is 1. The highest BCUT2D eigenvalue weighted by molar-refractivity contribution is 7.22. The standard InChI is InChI=1S/C19H15F3N2OS/c1-10-3-2-4-13(20)16(10)11-5-6-14-15(7-11)26-18(23-14)24-17(25)12-8-19(21,22)9-12/h2-7,12H,8-9H2,1H3,(H,23,24,25). The quantitative estimate of drug-likeness (QED) is 0.665. The molecule has 7 heteroatoms. The zero-order valence-electron chi connectivity index (χ0n) is 13.9. The summed E-state index contributed by atoms with van der Waals surface area (Å²) in [5.74, 6) is -4.13. The average Bonchev–Trinajstić information content (AvgIpc) is 2.93. The van der Waals surface area contributed by atoms with Crippen molar-refractivity contribution < 1.29 is 18.0 Å². The van der Waals surface area contributed by atoms with Crippen LogP contribution in [-0.4, -0.2) is 16.8 Å². The molecular weight excluding hydrogens is 361 g/mol. The molecule has 3 aromatic rings. The van der Waals surface area contributed by atoms with Crippen molar-refractivity contribution in [3.8, 4) is 11.1 Å². The van der Waals surface area contributed by atoms with Crippen molar-refractivity contribution in [2.24, 2.45) is 5.92 Å². The van der Waals surface area contributed by atoms with E-state index in [0.717, 1.165) is 15.8 Å². The Morgan fingerprint density at radius 3 is 2.73 bits per heavy atom. The minimum atomic E-state index is -2.73. The molecule has 1 aliphatic rings. The number of carbonyl (C=O) groups is 1. The first-order valence-corrected chi connectivity index (χ1v) is 8.99. The predicted molar refractivity (Wildman–Crippen MR) is 96.1 cm³/mol. The fraction of sp³-hybridized carbons (Fsp3) is 0.263. The highest BCUT2D eigenvalue weighted by Crippen LogP contribution is 2.43. The number of aromatic nitrogens is 1. The fourth-order valence-electron chi connectivity index (χ4n) is 3.19. The minimum Gasteiger partial charge on any atom is -0.302 e. The number of carbonyl (C=O) groups excluding carboxylic acids is 1. The lowest BCUT2D eigenvalue weighted by molar-refractivity contribution is -0.145. The molecule has 0 radical (unpaired) electrons. The Kier molecular flexibility index (Phi) is 3.99.